The van der Waals surface area contributed by atoms with Crippen molar-refractivity contribution in [1.82, 2.24) is 0 Å². The molecule has 0 atom stereocenters. The molecule has 0 N–H and O–H groups in total. The third kappa shape index (κ3) is 2.30. The van der Waals surface area contributed by atoms with Crippen molar-refractivity contribution in [2.24, 2.45) is 5.92 Å². The van der Waals surface area contributed by atoms with E-state index in [4.69, 9.17) is 5.26 Å². The van der Waals surface area contributed by atoms with E-state index < -0.39 is 0 Å². The van der Waals surface area contributed by atoms with Gasteiger partial charge in [0.1, 0.15) is 0 Å². The van der Waals surface area contributed by atoms with Crippen LogP contribution in [0, 0.1) is 24.2 Å². The highest BCUT2D eigenvalue weighted by Crippen LogP contribution is 2.35. The summed E-state index contributed by atoms with van der Waals surface area (Å²) in [6.07, 6.45) is 2.81. The van der Waals surface area contributed by atoms with Crippen molar-refractivity contribution < 1.29 is 0 Å². The molecule has 1 nitrogen and oxygen atoms in total. The molecule has 1 saturated carbocycles. The van der Waals surface area contributed by atoms with E-state index in [2.05, 4.69) is 18.2 Å². The van der Waals surface area contributed by atoms with Crippen LogP contribution in [0.1, 0.15) is 24.0 Å². The van der Waals surface area contributed by atoms with E-state index in [-0.39, 0.29) is 0 Å². The van der Waals surface area contributed by atoms with Crippen molar-refractivity contribution in [3.8, 4) is 6.07 Å². The average molecular weight is 203 g/mol. The summed E-state index contributed by atoms with van der Waals surface area (Å²) >= 11 is 1.91. The van der Waals surface area contributed by atoms with Crippen LogP contribution >= 0.6 is 11.8 Å². The first-order valence-electron chi connectivity index (χ1n) is 4.93. The molecule has 1 aliphatic carbocycles. The summed E-state index contributed by atoms with van der Waals surface area (Å²) in [5.41, 5.74) is 1.88. The summed E-state index contributed by atoms with van der Waals surface area (Å²) in [7, 11) is 0. The van der Waals surface area contributed by atoms with Crippen LogP contribution in [0.25, 0.3) is 0 Å². The summed E-state index contributed by atoms with van der Waals surface area (Å²) in [4.78, 5) is 1.30. The van der Waals surface area contributed by atoms with Gasteiger partial charge in [-0.05, 0) is 49.4 Å². The Balaban J connectivity index is 2.03. The number of rotatable bonds is 3. The maximum atomic E-state index is 8.78. The van der Waals surface area contributed by atoms with Crippen molar-refractivity contribution >= 4 is 11.8 Å². The van der Waals surface area contributed by atoms with Gasteiger partial charge in [0.2, 0.25) is 0 Å². The average Bonchev–Trinajstić information content (AvgIpc) is 2.98. The molecule has 0 saturated heterocycles. The topological polar surface area (TPSA) is 23.8 Å². The van der Waals surface area contributed by atoms with Crippen molar-refractivity contribution in [2.45, 2.75) is 24.7 Å². The Kier molecular flexibility index (Phi) is 2.79. The summed E-state index contributed by atoms with van der Waals surface area (Å²) in [5.74, 6) is 2.20. The van der Waals surface area contributed by atoms with Crippen molar-refractivity contribution in [3.63, 3.8) is 0 Å². The highest BCUT2D eigenvalue weighted by atomic mass is 32.2. The van der Waals surface area contributed by atoms with Gasteiger partial charge < -0.3 is 0 Å². The molecule has 14 heavy (non-hydrogen) atoms. The fourth-order valence-electron chi connectivity index (χ4n) is 1.35. The Bertz CT molecular complexity index is 374. The molecular weight excluding hydrogens is 190 g/mol. The minimum Gasteiger partial charge on any atom is -0.192 e. The van der Waals surface area contributed by atoms with Crippen LogP contribution in [0.15, 0.2) is 23.1 Å². The number of aryl methyl sites for hydroxylation is 1. The third-order valence-corrected chi connectivity index (χ3v) is 3.73. The van der Waals surface area contributed by atoms with E-state index in [9.17, 15) is 0 Å². The number of nitrogens with zero attached hydrogens (tertiary/aromatic N) is 1. The molecule has 0 unspecified atom stereocenters. The van der Waals surface area contributed by atoms with E-state index in [1.165, 1.54) is 23.5 Å². The first kappa shape index (κ1) is 9.61. The highest BCUT2D eigenvalue weighted by Gasteiger charge is 2.20. The molecule has 0 radical (unpaired) electrons. The zero-order valence-corrected chi connectivity index (χ0v) is 9.10. The van der Waals surface area contributed by atoms with Crippen molar-refractivity contribution in [2.75, 3.05) is 5.75 Å². The second kappa shape index (κ2) is 4.06. The third-order valence-electron chi connectivity index (χ3n) is 2.50. The van der Waals surface area contributed by atoms with Crippen LogP contribution in [0.3, 0.4) is 0 Å². The molecule has 2 heteroatoms. The number of thioether (sulfide) groups is 1. The zero-order valence-electron chi connectivity index (χ0n) is 8.29. The van der Waals surface area contributed by atoms with E-state index in [0.29, 0.717) is 0 Å². The molecule has 0 heterocycles. The van der Waals surface area contributed by atoms with Gasteiger partial charge in [-0.25, -0.2) is 0 Å². The summed E-state index contributed by atoms with van der Waals surface area (Å²) in [6, 6.07) is 8.28. The van der Waals surface area contributed by atoms with Gasteiger partial charge in [0.05, 0.1) is 11.6 Å². The quantitative estimate of drug-likeness (QED) is 0.703. The first-order valence-corrected chi connectivity index (χ1v) is 5.91. The SMILES string of the molecule is Cc1cc(SCC2CC2)ccc1C#N. The van der Waals surface area contributed by atoms with E-state index in [1.807, 2.05) is 24.8 Å². The molecule has 0 aromatic heterocycles. The van der Waals surface area contributed by atoms with Gasteiger partial charge in [-0.3, -0.25) is 0 Å². The number of hydrogen-bond acceptors (Lipinski definition) is 2. The Morgan fingerprint density at radius 1 is 1.50 bits per heavy atom. The van der Waals surface area contributed by atoms with Crippen molar-refractivity contribution in [1.29, 1.82) is 5.26 Å². The smallest absolute Gasteiger partial charge is 0.0994 e. The lowest BCUT2D eigenvalue weighted by molar-refractivity contribution is 1.000. The predicted octanol–water partition coefficient (Wildman–Crippen LogP) is 3.37. The van der Waals surface area contributed by atoms with Crippen LogP contribution in [-0.4, -0.2) is 5.75 Å². The number of benzene rings is 1. The fraction of sp³-hybridized carbons (Fsp3) is 0.417. The Morgan fingerprint density at radius 3 is 2.86 bits per heavy atom. The number of hydrogen-bond donors (Lipinski definition) is 0. The maximum Gasteiger partial charge on any atom is 0.0994 e. The standard InChI is InChI=1S/C12H13NS/c1-9-6-12(5-4-11(9)7-13)14-8-10-2-3-10/h4-6,10H,2-3,8H2,1H3. The minimum atomic E-state index is 0.792. The second-order valence-electron chi connectivity index (χ2n) is 3.84. The van der Waals surface area contributed by atoms with E-state index in [1.54, 1.807) is 0 Å². The number of nitriles is 1. The van der Waals surface area contributed by atoms with Gasteiger partial charge >= 0.3 is 0 Å². The van der Waals surface area contributed by atoms with Crippen LogP contribution in [0.4, 0.5) is 0 Å². The van der Waals surface area contributed by atoms with Crippen LogP contribution in [-0.2, 0) is 0 Å². The van der Waals surface area contributed by atoms with Gasteiger partial charge in [0.25, 0.3) is 0 Å². The highest BCUT2D eigenvalue weighted by molar-refractivity contribution is 7.99. The summed E-state index contributed by atoms with van der Waals surface area (Å²) in [6.45, 7) is 2.00. The lowest BCUT2D eigenvalue weighted by Crippen LogP contribution is -1.85. The van der Waals surface area contributed by atoms with Gasteiger partial charge in [0, 0.05) is 10.6 Å². The van der Waals surface area contributed by atoms with E-state index in [0.717, 1.165) is 17.0 Å². The molecule has 2 rings (SSSR count). The zero-order chi connectivity index (χ0) is 9.97. The van der Waals surface area contributed by atoms with Crippen LogP contribution in [0.2, 0.25) is 0 Å². The molecule has 0 aliphatic heterocycles. The van der Waals surface area contributed by atoms with Gasteiger partial charge in [-0.2, -0.15) is 5.26 Å². The molecule has 72 valence electrons. The molecule has 1 aliphatic rings. The molecule has 0 bridgehead atoms. The summed E-state index contributed by atoms with van der Waals surface area (Å²) < 4.78 is 0. The predicted molar refractivity (Wildman–Crippen MR) is 59.3 cm³/mol. The molecule has 0 amide bonds. The largest absolute Gasteiger partial charge is 0.192 e. The van der Waals surface area contributed by atoms with Crippen molar-refractivity contribution in [3.05, 3.63) is 29.3 Å². The minimum absolute atomic E-state index is 0.792. The Labute approximate surface area is 89.1 Å². The van der Waals surface area contributed by atoms with Gasteiger partial charge in [-0.1, -0.05) is 0 Å². The fourth-order valence-corrected chi connectivity index (χ4v) is 2.54. The molecule has 1 aromatic carbocycles. The van der Waals surface area contributed by atoms with Crippen LogP contribution < -0.4 is 0 Å². The Hall–Kier alpha value is -0.940. The normalized spacial score (nSPS) is 15.1. The monoisotopic (exact) mass is 203 g/mol. The van der Waals surface area contributed by atoms with E-state index >= 15 is 0 Å². The van der Waals surface area contributed by atoms with Gasteiger partial charge in [-0.15, -0.1) is 11.8 Å². The Morgan fingerprint density at radius 2 is 2.29 bits per heavy atom. The lowest BCUT2D eigenvalue weighted by Gasteiger charge is -2.02. The molecule has 1 fully saturated rings. The summed E-state index contributed by atoms with van der Waals surface area (Å²) in [5, 5.41) is 8.78. The van der Waals surface area contributed by atoms with Gasteiger partial charge in [0.15, 0.2) is 0 Å². The van der Waals surface area contributed by atoms with Crippen LogP contribution in [0.5, 0.6) is 0 Å². The maximum absolute atomic E-state index is 8.78. The molecule has 1 aromatic rings. The second-order valence-corrected chi connectivity index (χ2v) is 4.94. The lowest BCUT2D eigenvalue weighted by atomic mass is 10.1. The first-order chi connectivity index (χ1) is 6.79. The molecule has 0 spiro atoms. The molecular formula is C12H13NS.